The molecule has 0 spiro atoms. The van der Waals surface area contributed by atoms with E-state index in [9.17, 15) is 46.1 Å². The molecule has 1 saturated carbocycles. The van der Waals surface area contributed by atoms with Crippen molar-refractivity contribution >= 4 is 46.9 Å². The van der Waals surface area contributed by atoms with Gasteiger partial charge in [-0.25, -0.2) is 0 Å². The third-order valence-corrected chi connectivity index (χ3v) is 11.4. The van der Waals surface area contributed by atoms with Crippen LogP contribution in [-0.4, -0.2) is 54.0 Å². The lowest BCUT2D eigenvalue weighted by Gasteiger charge is -2.23. The first-order valence-electron chi connectivity index (χ1n) is 19.3. The standard InChI is InChI=1S/C24H26ClF3O3.C21H22ClF3O3S/c1-14(2)15-7-9-16(10-8-15)19-11-18(21(23(29)30)17-5-3-4-6-17)12-20(25)22(19)31-13-24(26,27)28;1-12(2)8-17(20(26)27)14-9-16(13-4-6-15(29-3)7-5-13)19(18(22)10-14)28-11-21(23,24)25/h7-12,14,17,21H,3-6,13H2,1-2H3,(H,29,30);4-7,9-10,12,17H,8,11H2,1-3H3,(H,26,27)/t21-;17-/m10/s1. The average molecular weight is 902 g/mol. The minimum atomic E-state index is -4.52. The summed E-state index contributed by atoms with van der Waals surface area (Å²) in [5.41, 5.74) is 3.92. The topological polar surface area (TPSA) is 93.1 Å². The van der Waals surface area contributed by atoms with Gasteiger partial charge < -0.3 is 19.7 Å². The number of carbonyl (C=O) groups is 2. The summed E-state index contributed by atoms with van der Waals surface area (Å²) in [7, 11) is 0. The molecule has 0 heterocycles. The molecule has 4 aromatic carbocycles. The molecular formula is C45H48Cl2F6O6S. The first kappa shape index (κ1) is 48.6. The van der Waals surface area contributed by atoms with Crippen molar-refractivity contribution in [3.8, 4) is 33.8 Å². The number of carboxylic acid groups (broad SMARTS) is 2. The first-order valence-corrected chi connectivity index (χ1v) is 21.3. The van der Waals surface area contributed by atoms with Gasteiger partial charge in [0.15, 0.2) is 13.2 Å². The maximum Gasteiger partial charge on any atom is 0.422 e. The van der Waals surface area contributed by atoms with E-state index in [0.717, 1.165) is 36.1 Å². The molecule has 15 heteroatoms. The Morgan fingerprint density at radius 1 is 0.700 bits per heavy atom. The van der Waals surface area contributed by atoms with E-state index in [1.807, 2.05) is 58.2 Å². The van der Waals surface area contributed by atoms with E-state index in [0.29, 0.717) is 45.7 Å². The summed E-state index contributed by atoms with van der Waals surface area (Å²) in [5, 5.41) is 19.5. The molecule has 1 aliphatic rings. The lowest BCUT2D eigenvalue weighted by atomic mass is 9.83. The van der Waals surface area contributed by atoms with Gasteiger partial charge in [0.05, 0.1) is 21.9 Å². The van der Waals surface area contributed by atoms with Gasteiger partial charge in [-0.05, 0) is 107 Å². The highest BCUT2D eigenvalue weighted by Gasteiger charge is 2.35. The van der Waals surface area contributed by atoms with Gasteiger partial charge in [-0.3, -0.25) is 9.59 Å². The van der Waals surface area contributed by atoms with E-state index in [2.05, 4.69) is 0 Å². The summed E-state index contributed by atoms with van der Waals surface area (Å²) in [6, 6.07) is 20.6. The van der Waals surface area contributed by atoms with Crippen LogP contribution in [0.15, 0.2) is 77.7 Å². The van der Waals surface area contributed by atoms with Crippen LogP contribution >= 0.6 is 35.0 Å². The predicted octanol–water partition coefficient (Wildman–Crippen LogP) is 14.3. The molecule has 2 N–H and O–H groups in total. The number of hydrogen-bond donors (Lipinski definition) is 2. The van der Waals surface area contributed by atoms with Crippen molar-refractivity contribution in [2.75, 3.05) is 19.5 Å². The van der Waals surface area contributed by atoms with Crippen molar-refractivity contribution in [2.24, 2.45) is 11.8 Å². The zero-order valence-electron chi connectivity index (χ0n) is 33.7. The Labute approximate surface area is 360 Å². The molecule has 326 valence electrons. The van der Waals surface area contributed by atoms with Gasteiger partial charge in [0.1, 0.15) is 11.5 Å². The van der Waals surface area contributed by atoms with Crippen LogP contribution in [0.25, 0.3) is 22.3 Å². The Morgan fingerprint density at radius 3 is 1.55 bits per heavy atom. The number of aliphatic carboxylic acids is 2. The largest absolute Gasteiger partial charge is 0.482 e. The van der Waals surface area contributed by atoms with Crippen LogP contribution in [0.3, 0.4) is 0 Å². The van der Waals surface area contributed by atoms with Crippen LogP contribution in [0.2, 0.25) is 10.0 Å². The maximum absolute atomic E-state index is 12.8. The van der Waals surface area contributed by atoms with Gasteiger partial charge >= 0.3 is 24.3 Å². The van der Waals surface area contributed by atoms with Gasteiger partial charge in [-0.15, -0.1) is 11.8 Å². The van der Waals surface area contributed by atoms with Crippen molar-refractivity contribution in [1.82, 2.24) is 0 Å². The van der Waals surface area contributed by atoms with Crippen LogP contribution in [0.1, 0.15) is 94.2 Å². The Balaban J connectivity index is 0.000000265. The third-order valence-electron chi connectivity index (χ3n) is 10.1. The van der Waals surface area contributed by atoms with Crippen molar-refractivity contribution in [1.29, 1.82) is 0 Å². The maximum atomic E-state index is 12.8. The van der Waals surface area contributed by atoms with Gasteiger partial charge in [-0.1, -0.05) is 100 Å². The van der Waals surface area contributed by atoms with E-state index >= 15 is 0 Å². The SMILES string of the molecule is CC(C)c1ccc(-c2cc([C@H](C(=O)O)C3CCCC3)cc(Cl)c2OCC(F)(F)F)cc1.CSc1ccc(-c2cc([C@H](CC(C)C)C(=O)O)cc(Cl)c2OCC(F)(F)F)cc1. The highest BCUT2D eigenvalue weighted by molar-refractivity contribution is 7.98. The molecule has 0 saturated heterocycles. The molecule has 0 radical (unpaired) electrons. The predicted molar refractivity (Wildman–Crippen MR) is 225 cm³/mol. The summed E-state index contributed by atoms with van der Waals surface area (Å²) in [6.07, 6.45) is -3.21. The molecule has 5 rings (SSSR count). The molecule has 1 aliphatic carbocycles. The minimum absolute atomic E-state index is 0.0195. The van der Waals surface area contributed by atoms with Gasteiger partial charge in [0.2, 0.25) is 0 Å². The number of alkyl halides is 6. The van der Waals surface area contributed by atoms with E-state index in [1.165, 1.54) is 23.9 Å². The molecular weight excluding hydrogens is 853 g/mol. The Bertz CT molecular complexity index is 2070. The zero-order valence-corrected chi connectivity index (χ0v) is 36.1. The zero-order chi connectivity index (χ0) is 44.5. The van der Waals surface area contributed by atoms with Crippen LogP contribution in [-0.2, 0) is 9.59 Å². The van der Waals surface area contributed by atoms with Crippen LogP contribution in [0.5, 0.6) is 11.5 Å². The van der Waals surface area contributed by atoms with Crippen LogP contribution in [0, 0.1) is 11.8 Å². The number of hydrogen-bond acceptors (Lipinski definition) is 5. The molecule has 6 nitrogen and oxygen atoms in total. The second-order valence-corrected chi connectivity index (χ2v) is 17.1. The van der Waals surface area contributed by atoms with Gasteiger partial charge in [0, 0.05) is 16.0 Å². The average Bonchev–Trinajstić information content (AvgIpc) is 3.69. The molecule has 0 aromatic heterocycles. The second-order valence-electron chi connectivity index (χ2n) is 15.5. The Hall–Kier alpha value is -4.07. The minimum Gasteiger partial charge on any atom is -0.482 e. The van der Waals surface area contributed by atoms with E-state index in [-0.39, 0.29) is 33.4 Å². The highest BCUT2D eigenvalue weighted by Crippen LogP contribution is 2.45. The number of rotatable bonds is 15. The molecule has 4 aromatic rings. The first-order chi connectivity index (χ1) is 28.1. The van der Waals surface area contributed by atoms with E-state index in [4.69, 9.17) is 32.7 Å². The molecule has 0 bridgehead atoms. The van der Waals surface area contributed by atoms with Gasteiger partial charge in [0.25, 0.3) is 0 Å². The Kier molecular flexibility index (Phi) is 17.1. The molecule has 60 heavy (non-hydrogen) atoms. The highest BCUT2D eigenvalue weighted by atomic mass is 35.5. The summed E-state index contributed by atoms with van der Waals surface area (Å²) >= 11 is 14.2. The van der Waals surface area contributed by atoms with Crippen molar-refractivity contribution in [2.45, 2.75) is 94.8 Å². The van der Waals surface area contributed by atoms with Crippen molar-refractivity contribution in [3.63, 3.8) is 0 Å². The monoisotopic (exact) mass is 900 g/mol. The van der Waals surface area contributed by atoms with Crippen LogP contribution in [0.4, 0.5) is 26.3 Å². The molecule has 1 fully saturated rings. The quantitative estimate of drug-likeness (QED) is 0.0907. The Morgan fingerprint density at radius 2 is 1.15 bits per heavy atom. The van der Waals surface area contributed by atoms with Crippen molar-refractivity contribution < 1.29 is 55.6 Å². The normalized spacial score (nSPS) is 14.4. The van der Waals surface area contributed by atoms with Crippen LogP contribution < -0.4 is 9.47 Å². The number of benzene rings is 4. The number of ether oxygens (including phenoxy) is 2. The molecule has 0 unspecified atom stereocenters. The smallest absolute Gasteiger partial charge is 0.422 e. The number of carboxylic acids is 2. The van der Waals surface area contributed by atoms with E-state index < -0.39 is 49.3 Å². The third kappa shape index (κ3) is 13.7. The molecule has 2 atom stereocenters. The summed E-state index contributed by atoms with van der Waals surface area (Å²) < 4.78 is 86.7. The fourth-order valence-corrected chi connectivity index (χ4v) is 8.19. The number of thioether (sulfide) groups is 1. The number of halogens is 8. The second kappa shape index (κ2) is 21.1. The van der Waals surface area contributed by atoms with Crippen molar-refractivity contribution in [3.05, 3.63) is 99.5 Å². The summed E-state index contributed by atoms with van der Waals surface area (Å²) in [4.78, 5) is 24.9. The fraction of sp³-hybridized carbons (Fsp3) is 0.422. The summed E-state index contributed by atoms with van der Waals surface area (Å²) in [6.45, 7) is 4.93. The summed E-state index contributed by atoms with van der Waals surface area (Å²) in [5.74, 6) is -3.36. The molecule has 0 aliphatic heterocycles. The molecule has 0 amide bonds. The van der Waals surface area contributed by atoms with Gasteiger partial charge in [-0.2, -0.15) is 26.3 Å². The lowest BCUT2D eigenvalue weighted by Crippen LogP contribution is -2.21. The lowest BCUT2D eigenvalue weighted by molar-refractivity contribution is -0.154. The van der Waals surface area contributed by atoms with E-state index in [1.54, 1.807) is 36.4 Å². The fourth-order valence-electron chi connectivity index (χ4n) is 7.22.